The average molecular weight is 301 g/mol. The number of thioether (sulfide) groups is 1. The van der Waals surface area contributed by atoms with Gasteiger partial charge in [-0.25, -0.2) is 0 Å². The number of carbonyl (C=O) groups is 1. The highest BCUT2D eigenvalue weighted by atomic mass is 32.2. The number of methoxy groups -OCH3 is 1. The van der Waals surface area contributed by atoms with Crippen LogP contribution in [0.25, 0.3) is 0 Å². The third-order valence-corrected chi connectivity index (χ3v) is 4.14. The molecule has 0 fully saturated rings. The molecule has 110 valence electrons. The average Bonchev–Trinajstić information content (AvgIpc) is 2.53. The van der Waals surface area contributed by atoms with Crippen LogP contribution in [0, 0.1) is 0 Å². The second kappa shape index (κ2) is 7.74. The van der Waals surface area contributed by atoms with Gasteiger partial charge in [-0.15, -0.1) is 11.8 Å². The van der Waals surface area contributed by atoms with E-state index >= 15 is 0 Å². The highest BCUT2D eigenvalue weighted by Gasteiger charge is 2.13. The van der Waals surface area contributed by atoms with Crippen molar-refractivity contribution in [2.75, 3.05) is 7.11 Å². The molecule has 0 aliphatic carbocycles. The van der Waals surface area contributed by atoms with Crippen LogP contribution in [0.1, 0.15) is 12.5 Å². The Kier molecular flexibility index (Phi) is 5.69. The van der Waals surface area contributed by atoms with Gasteiger partial charge in [0.2, 0.25) is 5.91 Å². The second-order valence-corrected chi connectivity index (χ2v) is 6.06. The zero-order chi connectivity index (χ0) is 15.1. The van der Waals surface area contributed by atoms with E-state index in [4.69, 9.17) is 4.74 Å². The number of benzene rings is 2. The van der Waals surface area contributed by atoms with Crippen LogP contribution in [-0.4, -0.2) is 18.3 Å². The van der Waals surface area contributed by atoms with Crippen molar-refractivity contribution in [3.05, 3.63) is 60.2 Å². The van der Waals surface area contributed by atoms with Gasteiger partial charge >= 0.3 is 0 Å². The van der Waals surface area contributed by atoms with E-state index in [-0.39, 0.29) is 11.2 Å². The van der Waals surface area contributed by atoms with Crippen molar-refractivity contribution >= 4 is 17.7 Å². The van der Waals surface area contributed by atoms with Gasteiger partial charge in [0.1, 0.15) is 5.75 Å². The van der Waals surface area contributed by atoms with Crippen molar-refractivity contribution in [2.45, 2.75) is 23.6 Å². The Hall–Kier alpha value is -1.94. The Morgan fingerprint density at radius 3 is 2.67 bits per heavy atom. The number of carbonyl (C=O) groups excluding carboxylic acids is 1. The van der Waals surface area contributed by atoms with Gasteiger partial charge in [0.25, 0.3) is 0 Å². The minimum absolute atomic E-state index is 0.0340. The minimum atomic E-state index is -0.127. The fourth-order valence-electron chi connectivity index (χ4n) is 1.87. The molecule has 0 bridgehead atoms. The van der Waals surface area contributed by atoms with E-state index in [1.54, 1.807) is 18.9 Å². The number of nitrogens with one attached hydrogen (secondary N) is 1. The molecule has 1 N–H and O–H groups in total. The van der Waals surface area contributed by atoms with E-state index in [9.17, 15) is 4.79 Å². The summed E-state index contributed by atoms with van der Waals surface area (Å²) in [6.45, 7) is 2.42. The molecular weight excluding hydrogens is 282 g/mol. The van der Waals surface area contributed by atoms with E-state index in [0.717, 1.165) is 16.2 Å². The summed E-state index contributed by atoms with van der Waals surface area (Å²) >= 11 is 1.56. The lowest BCUT2D eigenvalue weighted by molar-refractivity contribution is -0.120. The van der Waals surface area contributed by atoms with E-state index in [0.29, 0.717) is 6.54 Å². The molecule has 0 aromatic heterocycles. The third kappa shape index (κ3) is 4.83. The maximum absolute atomic E-state index is 12.1. The number of hydrogen-bond donors (Lipinski definition) is 1. The molecule has 2 aromatic rings. The molecule has 0 heterocycles. The maximum Gasteiger partial charge on any atom is 0.233 e. The SMILES string of the molecule is COc1cccc(CNC(=O)C(C)Sc2ccccc2)c1. The van der Waals surface area contributed by atoms with Gasteiger partial charge in [-0.05, 0) is 36.8 Å². The monoisotopic (exact) mass is 301 g/mol. The van der Waals surface area contributed by atoms with Gasteiger partial charge in [0.15, 0.2) is 0 Å². The summed E-state index contributed by atoms with van der Waals surface area (Å²) in [6, 6.07) is 17.6. The number of rotatable bonds is 6. The summed E-state index contributed by atoms with van der Waals surface area (Å²) in [6.07, 6.45) is 0. The number of ether oxygens (including phenoxy) is 1. The third-order valence-electron chi connectivity index (χ3n) is 3.03. The molecule has 2 aromatic carbocycles. The molecule has 1 unspecified atom stereocenters. The van der Waals surface area contributed by atoms with E-state index < -0.39 is 0 Å². The van der Waals surface area contributed by atoms with Gasteiger partial charge in [0, 0.05) is 11.4 Å². The van der Waals surface area contributed by atoms with Gasteiger partial charge in [-0.3, -0.25) is 4.79 Å². The topological polar surface area (TPSA) is 38.3 Å². The number of hydrogen-bond acceptors (Lipinski definition) is 3. The van der Waals surface area contributed by atoms with Gasteiger partial charge < -0.3 is 10.1 Å². The van der Waals surface area contributed by atoms with Crippen LogP contribution < -0.4 is 10.1 Å². The molecule has 1 atom stereocenters. The summed E-state index contributed by atoms with van der Waals surface area (Å²) in [4.78, 5) is 13.2. The molecule has 1 amide bonds. The Morgan fingerprint density at radius 1 is 1.19 bits per heavy atom. The smallest absolute Gasteiger partial charge is 0.233 e. The van der Waals surface area contributed by atoms with Gasteiger partial charge in [-0.1, -0.05) is 30.3 Å². The largest absolute Gasteiger partial charge is 0.497 e. The van der Waals surface area contributed by atoms with Crippen LogP contribution in [0.3, 0.4) is 0 Å². The summed E-state index contributed by atoms with van der Waals surface area (Å²) in [5.74, 6) is 0.833. The van der Waals surface area contributed by atoms with Gasteiger partial charge in [0.05, 0.1) is 12.4 Å². The van der Waals surface area contributed by atoms with Crippen molar-refractivity contribution in [3.63, 3.8) is 0 Å². The lowest BCUT2D eigenvalue weighted by Gasteiger charge is -2.12. The molecule has 2 rings (SSSR count). The highest BCUT2D eigenvalue weighted by Crippen LogP contribution is 2.22. The molecule has 0 saturated heterocycles. The standard InChI is InChI=1S/C17H19NO2S/c1-13(21-16-9-4-3-5-10-16)17(19)18-12-14-7-6-8-15(11-14)20-2/h3-11,13H,12H2,1-2H3,(H,18,19). The Morgan fingerprint density at radius 2 is 1.95 bits per heavy atom. The zero-order valence-corrected chi connectivity index (χ0v) is 13.0. The van der Waals surface area contributed by atoms with Gasteiger partial charge in [-0.2, -0.15) is 0 Å². The van der Waals surface area contributed by atoms with E-state index in [1.807, 2.05) is 61.5 Å². The molecule has 0 saturated carbocycles. The van der Waals surface area contributed by atoms with Crippen molar-refractivity contribution < 1.29 is 9.53 Å². The Bertz CT molecular complexity index is 586. The van der Waals surface area contributed by atoms with E-state index in [2.05, 4.69) is 5.32 Å². The molecule has 0 aliphatic heterocycles. The van der Waals surface area contributed by atoms with Crippen LogP contribution in [0.2, 0.25) is 0 Å². The van der Waals surface area contributed by atoms with Crippen molar-refractivity contribution in [1.29, 1.82) is 0 Å². The molecule has 0 aliphatic rings. The van der Waals surface area contributed by atoms with Crippen LogP contribution in [0.4, 0.5) is 0 Å². The highest BCUT2D eigenvalue weighted by molar-refractivity contribution is 8.00. The fourth-order valence-corrected chi connectivity index (χ4v) is 2.78. The first-order valence-electron chi connectivity index (χ1n) is 6.81. The van der Waals surface area contributed by atoms with Crippen molar-refractivity contribution in [3.8, 4) is 5.75 Å². The Balaban J connectivity index is 1.86. The molecular formula is C17H19NO2S. The first kappa shape index (κ1) is 15.4. The summed E-state index contributed by atoms with van der Waals surface area (Å²) in [5.41, 5.74) is 1.03. The second-order valence-electron chi connectivity index (χ2n) is 4.64. The zero-order valence-electron chi connectivity index (χ0n) is 12.2. The molecule has 4 heteroatoms. The van der Waals surface area contributed by atoms with Crippen LogP contribution >= 0.6 is 11.8 Å². The molecule has 21 heavy (non-hydrogen) atoms. The summed E-state index contributed by atoms with van der Waals surface area (Å²) in [7, 11) is 1.64. The maximum atomic E-state index is 12.1. The lowest BCUT2D eigenvalue weighted by Crippen LogP contribution is -2.30. The van der Waals surface area contributed by atoms with E-state index in [1.165, 1.54) is 0 Å². The molecule has 0 spiro atoms. The lowest BCUT2D eigenvalue weighted by atomic mass is 10.2. The summed E-state index contributed by atoms with van der Waals surface area (Å²) in [5, 5.41) is 2.83. The molecule has 0 radical (unpaired) electrons. The number of amides is 1. The fraction of sp³-hybridized carbons (Fsp3) is 0.235. The Labute approximate surface area is 129 Å². The first-order chi connectivity index (χ1) is 10.2. The first-order valence-corrected chi connectivity index (χ1v) is 7.69. The van der Waals surface area contributed by atoms with Crippen LogP contribution in [-0.2, 0) is 11.3 Å². The normalized spacial score (nSPS) is 11.7. The van der Waals surface area contributed by atoms with Crippen molar-refractivity contribution in [1.82, 2.24) is 5.32 Å². The quantitative estimate of drug-likeness (QED) is 0.830. The molecule has 3 nitrogen and oxygen atoms in total. The van der Waals surface area contributed by atoms with Crippen LogP contribution in [0.15, 0.2) is 59.5 Å². The van der Waals surface area contributed by atoms with Crippen molar-refractivity contribution in [2.24, 2.45) is 0 Å². The predicted octanol–water partition coefficient (Wildman–Crippen LogP) is 3.49. The summed E-state index contributed by atoms with van der Waals surface area (Å²) < 4.78 is 5.17. The van der Waals surface area contributed by atoms with Crippen LogP contribution in [0.5, 0.6) is 5.75 Å². The minimum Gasteiger partial charge on any atom is -0.497 e. The predicted molar refractivity (Wildman–Crippen MR) is 86.6 cm³/mol.